The van der Waals surface area contributed by atoms with Gasteiger partial charge in [-0.2, -0.15) is 5.26 Å². The molecule has 1 aromatic rings. The maximum atomic E-state index is 13.6. The fraction of sp³-hybridized carbons (Fsp3) is 0.462. The molecular formula is C13H17FN2O. The van der Waals surface area contributed by atoms with E-state index in [2.05, 4.69) is 12.2 Å². The lowest BCUT2D eigenvalue weighted by Gasteiger charge is -2.18. The molecule has 0 saturated carbocycles. The topological polar surface area (TPSA) is 45.0 Å². The minimum atomic E-state index is -0.402. The molecule has 0 radical (unpaired) electrons. The molecule has 0 aliphatic carbocycles. The molecule has 1 rings (SSSR count). The third-order valence-electron chi connectivity index (χ3n) is 2.46. The molecule has 0 amide bonds. The van der Waals surface area contributed by atoms with Crippen LogP contribution >= 0.6 is 0 Å². The van der Waals surface area contributed by atoms with Gasteiger partial charge in [0.1, 0.15) is 5.82 Å². The first kappa shape index (κ1) is 13.5. The van der Waals surface area contributed by atoms with Crippen molar-refractivity contribution in [1.82, 2.24) is 0 Å². The maximum Gasteiger partial charge on any atom is 0.147 e. The van der Waals surface area contributed by atoms with E-state index in [-0.39, 0.29) is 6.04 Å². The van der Waals surface area contributed by atoms with Crippen molar-refractivity contribution in [3.05, 3.63) is 29.6 Å². The molecule has 1 N–H and O–H groups in total. The van der Waals surface area contributed by atoms with Crippen LogP contribution in [0.4, 0.5) is 10.1 Å². The number of anilines is 1. The van der Waals surface area contributed by atoms with Crippen LogP contribution in [-0.4, -0.2) is 19.8 Å². The Balaban J connectivity index is 2.75. The van der Waals surface area contributed by atoms with Crippen molar-refractivity contribution in [1.29, 1.82) is 5.26 Å². The average molecular weight is 236 g/mol. The van der Waals surface area contributed by atoms with Gasteiger partial charge in [-0.05, 0) is 24.6 Å². The summed E-state index contributed by atoms with van der Waals surface area (Å²) in [7, 11) is 1.62. The molecule has 0 spiro atoms. The van der Waals surface area contributed by atoms with Crippen LogP contribution in [0.15, 0.2) is 18.2 Å². The molecule has 4 heteroatoms. The van der Waals surface area contributed by atoms with E-state index in [9.17, 15) is 4.39 Å². The third-order valence-corrected chi connectivity index (χ3v) is 2.46. The van der Waals surface area contributed by atoms with Gasteiger partial charge in [-0.1, -0.05) is 13.3 Å². The Morgan fingerprint density at radius 2 is 2.29 bits per heavy atom. The largest absolute Gasteiger partial charge is 0.383 e. The number of benzene rings is 1. The van der Waals surface area contributed by atoms with Gasteiger partial charge in [0.25, 0.3) is 0 Å². The first-order valence-corrected chi connectivity index (χ1v) is 5.66. The number of hydrogen-bond acceptors (Lipinski definition) is 3. The second-order valence-electron chi connectivity index (χ2n) is 3.89. The van der Waals surface area contributed by atoms with Crippen LogP contribution in [0.1, 0.15) is 25.3 Å². The highest BCUT2D eigenvalue weighted by Crippen LogP contribution is 2.17. The van der Waals surface area contributed by atoms with E-state index < -0.39 is 5.82 Å². The van der Waals surface area contributed by atoms with Gasteiger partial charge in [-0.3, -0.25) is 0 Å². The zero-order valence-corrected chi connectivity index (χ0v) is 10.2. The van der Waals surface area contributed by atoms with Crippen molar-refractivity contribution in [3.8, 4) is 6.07 Å². The van der Waals surface area contributed by atoms with Gasteiger partial charge in [0.2, 0.25) is 0 Å². The SMILES string of the molecule is CCCC(COC)Nc1ccc(C#N)cc1F. The van der Waals surface area contributed by atoms with Crippen molar-refractivity contribution in [2.75, 3.05) is 19.0 Å². The summed E-state index contributed by atoms with van der Waals surface area (Å²) in [6.45, 7) is 2.60. The zero-order valence-electron chi connectivity index (χ0n) is 10.2. The van der Waals surface area contributed by atoms with Crippen molar-refractivity contribution < 1.29 is 9.13 Å². The molecular weight excluding hydrogens is 219 g/mol. The first-order valence-electron chi connectivity index (χ1n) is 5.66. The number of nitrogens with one attached hydrogen (secondary N) is 1. The van der Waals surface area contributed by atoms with Gasteiger partial charge in [0.05, 0.1) is 23.9 Å². The zero-order chi connectivity index (χ0) is 12.7. The van der Waals surface area contributed by atoms with E-state index in [1.165, 1.54) is 6.07 Å². The second-order valence-corrected chi connectivity index (χ2v) is 3.89. The maximum absolute atomic E-state index is 13.6. The van der Waals surface area contributed by atoms with Gasteiger partial charge < -0.3 is 10.1 Å². The number of methoxy groups -OCH3 is 1. The highest BCUT2D eigenvalue weighted by atomic mass is 19.1. The van der Waals surface area contributed by atoms with E-state index in [4.69, 9.17) is 10.00 Å². The van der Waals surface area contributed by atoms with Crippen molar-refractivity contribution in [3.63, 3.8) is 0 Å². The summed E-state index contributed by atoms with van der Waals surface area (Å²) in [5.41, 5.74) is 0.742. The third kappa shape index (κ3) is 4.04. The van der Waals surface area contributed by atoms with Crippen LogP contribution < -0.4 is 5.32 Å². The van der Waals surface area contributed by atoms with Gasteiger partial charge in [-0.25, -0.2) is 4.39 Å². The summed E-state index contributed by atoms with van der Waals surface area (Å²) in [4.78, 5) is 0. The quantitative estimate of drug-likeness (QED) is 0.826. The fourth-order valence-electron chi connectivity index (χ4n) is 1.67. The highest BCUT2D eigenvalue weighted by Gasteiger charge is 2.10. The minimum Gasteiger partial charge on any atom is -0.383 e. The molecule has 0 aromatic heterocycles. The minimum absolute atomic E-state index is 0.0902. The standard InChI is InChI=1S/C13H17FN2O/c1-3-4-11(9-17-2)16-13-6-5-10(8-15)7-12(13)14/h5-7,11,16H,3-4,9H2,1-2H3. The predicted octanol–water partition coefficient (Wildman–Crippen LogP) is 2.92. The first-order chi connectivity index (χ1) is 8.21. The lowest BCUT2D eigenvalue weighted by molar-refractivity contribution is 0.182. The summed E-state index contributed by atoms with van der Waals surface area (Å²) in [6, 6.07) is 6.42. The van der Waals surface area contributed by atoms with E-state index in [0.29, 0.717) is 17.9 Å². The Morgan fingerprint density at radius 3 is 2.82 bits per heavy atom. The van der Waals surface area contributed by atoms with Crippen molar-refractivity contribution in [2.24, 2.45) is 0 Å². The van der Waals surface area contributed by atoms with Crippen LogP contribution in [0.3, 0.4) is 0 Å². The number of ether oxygens (including phenoxy) is 1. The molecule has 1 atom stereocenters. The molecule has 0 aliphatic rings. The van der Waals surface area contributed by atoms with Crippen LogP contribution in [0.5, 0.6) is 0 Å². The molecule has 3 nitrogen and oxygen atoms in total. The average Bonchev–Trinajstić information content (AvgIpc) is 2.32. The Bertz CT molecular complexity index is 395. The van der Waals surface area contributed by atoms with Crippen molar-refractivity contribution >= 4 is 5.69 Å². The number of rotatable bonds is 6. The molecule has 0 heterocycles. The van der Waals surface area contributed by atoms with Crippen LogP contribution in [-0.2, 0) is 4.74 Å². The molecule has 92 valence electrons. The molecule has 0 aliphatic heterocycles. The summed E-state index contributed by atoms with van der Waals surface area (Å²) < 4.78 is 18.7. The summed E-state index contributed by atoms with van der Waals surface area (Å²) in [6.07, 6.45) is 1.91. The number of halogens is 1. The van der Waals surface area contributed by atoms with Crippen LogP contribution in [0, 0.1) is 17.1 Å². The van der Waals surface area contributed by atoms with Gasteiger partial charge in [-0.15, -0.1) is 0 Å². The van der Waals surface area contributed by atoms with E-state index >= 15 is 0 Å². The van der Waals surface area contributed by atoms with Crippen LogP contribution in [0.2, 0.25) is 0 Å². The molecule has 17 heavy (non-hydrogen) atoms. The molecule has 0 bridgehead atoms. The van der Waals surface area contributed by atoms with Gasteiger partial charge in [0.15, 0.2) is 0 Å². The summed E-state index contributed by atoms with van der Waals surface area (Å²) in [5.74, 6) is -0.402. The fourth-order valence-corrected chi connectivity index (χ4v) is 1.67. The van der Waals surface area contributed by atoms with Gasteiger partial charge in [0, 0.05) is 13.2 Å². The molecule has 0 fully saturated rings. The van der Waals surface area contributed by atoms with Gasteiger partial charge >= 0.3 is 0 Å². The molecule has 1 unspecified atom stereocenters. The lowest BCUT2D eigenvalue weighted by atomic mass is 10.1. The van der Waals surface area contributed by atoms with E-state index in [1.807, 2.05) is 6.07 Å². The second kappa shape index (κ2) is 6.87. The normalized spacial score (nSPS) is 11.9. The molecule has 0 saturated heterocycles. The number of nitriles is 1. The lowest BCUT2D eigenvalue weighted by Crippen LogP contribution is -2.25. The molecule has 1 aromatic carbocycles. The van der Waals surface area contributed by atoms with E-state index in [0.717, 1.165) is 12.8 Å². The van der Waals surface area contributed by atoms with Crippen LogP contribution in [0.25, 0.3) is 0 Å². The summed E-state index contributed by atoms with van der Waals surface area (Å²) in [5, 5.41) is 11.7. The Hall–Kier alpha value is -1.60. The summed E-state index contributed by atoms with van der Waals surface area (Å²) >= 11 is 0. The Labute approximate surface area is 101 Å². The predicted molar refractivity (Wildman–Crippen MR) is 65.3 cm³/mol. The monoisotopic (exact) mass is 236 g/mol. The Morgan fingerprint density at radius 1 is 1.53 bits per heavy atom. The Kier molecular flexibility index (Phi) is 5.44. The van der Waals surface area contributed by atoms with E-state index in [1.54, 1.807) is 19.2 Å². The highest BCUT2D eigenvalue weighted by molar-refractivity contribution is 5.49. The smallest absolute Gasteiger partial charge is 0.147 e. The number of nitrogens with zero attached hydrogens (tertiary/aromatic N) is 1. The van der Waals surface area contributed by atoms with Crippen molar-refractivity contribution in [2.45, 2.75) is 25.8 Å². The number of hydrogen-bond donors (Lipinski definition) is 1.